The molecule has 3 amide bonds. The van der Waals surface area contributed by atoms with Crippen molar-refractivity contribution in [1.29, 1.82) is 0 Å². The van der Waals surface area contributed by atoms with Crippen LogP contribution in [-0.4, -0.2) is 56.9 Å². The Morgan fingerprint density at radius 2 is 1.10 bits per heavy atom. The van der Waals surface area contributed by atoms with Crippen molar-refractivity contribution in [2.75, 3.05) is 33.0 Å². The zero-order valence-electron chi connectivity index (χ0n) is 11.9. The van der Waals surface area contributed by atoms with Gasteiger partial charge in [-0.05, 0) is 0 Å². The molecule has 0 atom stereocenters. The predicted octanol–water partition coefficient (Wildman–Crippen LogP) is -1.97. The van der Waals surface area contributed by atoms with E-state index >= 15 is 0 Å². The number of rotatable bonds is 14. The van der Waals surface area contributed by atoms with Crippen LogP contribution in [-0.2, 0) is 28.6 Å². The highest BCUT2D eigenvalue weighted by atomic mass is 16.6. The topological polar surface area (TPSA) is 157 Å². The maximum Gasteiger partial charge on any atom is 0.219 e. The average molecular weight is 305 g/mol. The van der Waals surface area contributed by atoms with Crippen molar-refractivity contribution in [3.63, 3.8) is 0 Å². The van der Waals surface area contributed by atoms with Gasteiger partial charge in [-0.3, -0.25) is 14.4 Å². The average Bonchev–Trinajstić information content (AvgIpc) is 2.37. The molecule has 122 valence electrons. The first-order valence-electron chi connectivity index (χ1n) is 6.53. The third-order valence-electron chi connectivity index (χ3n) is 2.30. The molecule has 0 saturated carbocycles. The number of hydrogen-bond donors (Lipinski definition) is 3. The summed E-state index contributed by atoms with van der Waals surface area (Å²) in [5.74, 6) is -1.39. The highest BCUT2D eigenvalue weighted by Crippen LogP contribution is 1.98. The molecule has 0 heterocycles. The van der Waals surface area contributed by atoms with Crippen LogP contribution in [0.3, 0.4) is 0 Å². The van der Waals surface area contributed by atoms with E-state index in [1.54, 1.807) is 0 Å². The maximum atomic E-state index is 10.6. The van der Waals surface area contributed by atoms with Crippen molar-refractivity contribution >= 4 is 17.7 Å². The lowest BCUT2D eigenvalue weighted by atomic mass is 10.3. The van der Waals surface area contributed by atoms with Gasteiger partial charge in [-0.25, -0.2) is 0 Å². The standard InChI is InChI=1S/C12H23N3O6/c13-10(16)1-4-19-7-9(21-6-3-12(15)18)8-20-5-2-11(14)17/h9H,1-8H2,(H2,13,16)(H2,14,17)(H2,15,18). The first-order chi connectivity index (χ1) is 9.91. The molecular weight excluding hydrogens is 282 g/mol. The summed E-state index contributed by atoms with van der Waals surface area (Å²) < 4.78 is 15.8. The van der Waals surface area contributed by atoms with E-state index in [9.17, 15) is 14.4 Å². The van der Waals surface area contributed by atoms with Gasteiger partial charge >= 0.3 is 0 Å². The molecule has 0 spiro atoms. The van der Waals surface area contributed by atoms with Crippen LogP contribution in [0.5, 0.6) is 0 Å². The lowest BCUT2D eigenvalue weighted by Crippen LogP contribution is -2.29. The lowest BCUT2D eigenvalue weighted by Gasteiger charge is -2.17. The molecule has 6 N–H and O–H groups in total. The third kappa shape index (κ3) is 14.5. The summed E-state index contributed by atoms with van der Waals surface area (Å²) in [7, 11) is 0. The number of amides is 3. The summed E-state index contributed by atoms with van der Waals surface area (Å²) in [4.78, 5) is 31.7. The van der Waals surface area contributed by atoms with E-state index in [-0.39, 0.29) is 52.3 Å². The molecule has 0 rings (SSSR count). The van der Waals surface area contributed by atoms with Crippen LogP contribution in [0.2, 0.25) is 0 Å². The van der Waals surface area contributed by atoms with Crippen LogP contribution >= 0.6 is 0 Å². The van der Waals surface area contributed by atoms with Crippen molar-refractivity contribution in [3.8, 4) is 0 Å². The summed E-state index contributed by atoms with van der Waals surface area (Å²) in [5.41, 5.74) is 15.0. The second-order valence-corrected chi connectivity index (χ2v) is 4.29. The Morgan fingerprint density at radius 1 is 0.714 bits per heavy atom. The first kappa shape index (κ1) is 19.3. The van der Waals surface area contributed by atoms with Crippen LogP contribution < -0.4 is 17.2 Å². The zero-order valence-corrected chi connectivity index (χ0v) is 11.9. The summed E-state index contributed by atoms with van der Waals surface area (Å²) in [6, 6.07) is 0. The molecule has 0 aliphatic heterocycles. The van der Waals surface area contributed by atoms with Crippen molar-refractivity contribution in [2.24, 2.45) is 17.2 Å². The lowest BCUT2D eigenvalue weighted by molar-refractivity contribution is -0.123. The van der Waals surface area contributed by atoms with Crippen LogP contribution in [0.25, 0.3) is 0 Å². The summed E-state index contributed by atoms with van der Waals surface area (Å²) in [6.45, 7) is 0.822. The molecule has 0 aliphatic rings. The minimum atomic E-state index is -0.474. The van der Waals surface area contributed by atoms with Crippen LogP contribution in [0, 0.1) is 0 Å². The number of nitrogens with two attached hydrogens (primary N) is 3. The Labute approximate surface area is 123 Å². The van der Waals surface area contributed by atoms with E-state index in [2.05, 4.69) is 0 Å². The fourth-order valence-corrected chi connectivity index (χ4v) is 1.25. The molecule has 0 fully saturated rings. The molecule has 9 nitrogen and oxygen atoms in total. The van der Waals surface area contributed by atoms with Gasteiger partial charge in [0.15, 0.2) is 0 Å². The van der Waals surface area contributed by atoms with E-state index in [0.717, 1.165) is 0 Å². The van der Waals surface area contributed by atoms with Gasteiger partial charge in [0.2, 0.25) is 17.7 Å². The van der Waals surface area contributed by atoms with Gasteiger partial charge in [0.1, 0.15) is 6.10 Å². The largest absolute Gasteiger partial charge is 0.378 e. The molecule has 21 heavy (non-hydrogen) atoms. The molecule has 0 aliphatic carbocycles. The highest BCUT2D eigenvalue weighted by Gasteiger charge is 2.11. The third-order valence-corrected chi connectivity index (χ3v) is 2.30. The maximum absolute atomic E-state index is 10.6. The molecule has 9 heteroatoms. The molecule has 0 aromatic carbocycles. The number of carbonyl (C=O) groups is 3. The highest BCUT2D eigenvalue weighted by molar-refractivity contribution is 5.74. The predicted molar refractivity (Wildman–Crippen MR) is 72.8 cm³/mol. The quantitative estimate of drug-likeness (QED) is 0.316. The first-order valence-corrected chi connectivity index (χ1v) is 6.53. The molecule has 0 bridgehead atoms. The minimum Gasteiger partial charge on any atom is -0.378 e. The Bertz CT molecular complexity index is 315. The normalized spacial score (nSPS) is 10.7. The van der Waals surface area contributed by atoms with Gasteiger partial charge in [-0.2, -0.15) is 0 Å². The number of hydrogen-bond acceptors (Lipinski definition) is 6. The molecule has 0 saturated heterocycles. The molecule has 0 aromatic heterocycles. The minimum absolute atomic E-state index is 0.0824. The SMILES string of the molecule is NC(=O)CCOCC(COCCC(N)=O)OCCC(N)=O. The molecular formula is C12H23N3O6. The van der Waals surface area contributed by atoms with Crippen molar-refractivity contribution in [2.45, 2.75) is 25.4 Å². The van der Waals surface area contributed by atoms with E-state index in [0.29, 0.717) is 0 Å². The van der Waals surface area contributed by atoms with Gasteiger partial charge in [0.25, 0.3) is 0 Å². The zero-order chi connectivity index (χ0) is 16.1. The van der Waals surface area contributed by atoms with Crippen molar-refractivity contribution in [3.05, 3.63) is 0 Å². The van der Waals surface area contributed by atoms with E-state index in [1.165, 1.54) is 0 Å². The van der Waals surface area contributed by atoms with Gasteiger partial charge in [-0.15, -0.1) is 0 Å². The van der Waals surface area contributed by atoms with Crippen molar-refractivity contribution in [1.82, 2.24) is 0 Å². The van der Waals surface area contributed by atoms with Gasteiger partial charge in [0, 0.05) is 19.3 Å². The van der Waals surface area contributed by atoms with Gasteiger partial charge in [0.05, 0.1) is 33.0 Å². The number of carbonyl (C=O) groups excluding carboxylic acids is 3. The molecule has 0 aromatic rings. The molecule has 0 unspecified atom stereocenters. The fourth-order valence-electron chi connectivity index (χ4n) is 1.25. The van der Waals surface area contributed by atoms with Gasteiger partial charge in [-0.1, -0.05) is 0 Å². The van der Waals surface area contributed by atoms with Gasteiger partial charge < -0.3 is 31.4 Å². The Hall–Kier alpha value is -1.71. The Kier molecular flexibility index (Phi) is 11.1. The summed E-state index contributed by atoms with van der Waals surface area (Å²) in [5, 5.41) is 0. The fraction of sp³-hybridized carbons (Fsp3) is 0.750. The van der Waals surface area contributed by atoms with Crippen LogP contribution in [0.4, 0.5) is 0 Å². The van der Waals surface area contributed by atoms with E-state index in [4.69, 9.17) is 31.4 Å². The Balaban J connectivity index is 3.92. The summed E-state index contributed by atoms with van der Waals surface area (Å²) >= 11 is 0. The second-order valence-electron chi connectivity index (χ2n) is 4.29. The van der Waals surface area contributed by atoms with E-state index < -0.39 is 23.8 Å². The molecule has 0 radical (unpaired) electrons. The Morgan fingerprint density at radius 3 is 1.48 bits per heavy atom. The van der Waals surface area contributed by atoms with Crippen molar-refractivity contribution < 1.29 is 28.6 Å². The number of primary amides is 3. The summed E-state index contributed by atoms with van der Waals surface area (Å²) in [6.07, 6.45) is -0.142. The van der Waals surface area contributed by atoms with E-state index in [1.807, 2.05) is 0 Å². The monoisotopic (exact) mass is 305 g/mol. The van der Waals surface area contributed by atoms with Crippen LogP contribution in [0.1, 0.15) is 19.3 Å². The second kappa shape index (κ2) is 12.1. The van der Waals surface area contributed by atoms with Crippen LogP contribution in [0.15, 0.2) is 0 Å². The number of ether oxygens (including phenoxy) is 3. The smallest absolute Gasteiger partial charge is 0.219 e.